The van der Waals surface area contributed by atoms with E-state index in [9.17, 15) is 4.79 Å². The zero-order valence-corrected chi connectivity index (χ0v) is 14.1. The van der Waals surface area contributed by atoms with E-state index in [-0.39, 0.29) is 10.8 Å². The number of thioether (sulfide) groups is 1. The molecule has 0 fully saturated rings. The summed E-state index contributed by atoms with van der Waals surface area (Å²) >= 11 is 2.98. The molecule has 0 amide bonds. The fourth-order valence-corrected chi connectivity index (χ4v) is 4.89. The Balaban J connectivity index is 2.23. The maximum Gasteiger partial charge on any atom is 0.263 e. The number of nitriles is 1. The molecule has 2 aromatic rings. The molecule has 114 valence electrons. The number of thiophene rings is 1. The average Bonchev–Trinajstić information content (AvgIpc) is 2.89. The molecule has 0 N–H and O–H groups in total. The number of hydrogen-bond acceptors (Lipinski definition) is 5. The van der Waals surface area contributed by atoms with Crippen LogP contribution < -0.4 is 5.56 Å². The molecule has 1 atom stereocenters. The van der Waals surface area contributed by atoms with Gasteiger partial charge in [0.1, 0.15) is 4.83 Å². The summed E-state index contributed by atoms with van der Waals surface area (Å²) in [7, 11) is 0. The Morgan fingerprint density at radius 1 is 1.55 bits per heavy atom. The van der Waals surface area contributed by atoms with Gasteiger partial charge in [-0.15, -0.1) is 17.9 Å². The van der Waals surface area contributed by atoms with E-state index in [2.05, 4.69) is 12.6 Å². The molecule has 6 heteroatoms. The summed E-state index contributed by atoms with van der Waals surface area (Å²) in [6.45, 7) is 5.98. The second-order valence-corrected chi connectivity index (χ2v) is 7.77. The molecule has 2 aromatic heterocycles. The van der Waals surface area contributed by atoms with Gasteiger partial charge in [0.15, 0.2) is 5.16 Å². The van der Waals surface area contributed by atoms with Crippen LogP contribution in [0.5, 0.6) is 0 Å². The summed E-state index contributed by atoms with van der Waals surface area (Å²) in [4.78, 5) is 19.8. The van der Waals surface area contributed by atoms with Crippen molar-refractivity contribution < 1.29 is 0 Å². The van der Waals surface area contributed by atoms with Crippen LogP contribution in [0.25, 0.3) is 10.2 Å². The van der Waals surface area contributed by atoms with Crippen molar-refractivity contribution in [1.29, 1.82) is 5.26 Å². The van der Waals surface area contributed by atoms with Crippen molar-refractivity contribution in [1.82, 2.24) is 9.55 Å². The lowest BCUT2D eigenvalue weighted by Gasteiger charge is -2.12. The third-order valence-corrected chi connectivity index (χ3v) is 5.98. The van der Waals surface area contributed by atoms with Gasteiger partial charge in [-0.2, -0.15) is 5.26 Å². The largest absolute Gasteiger partial charge is 0.283 e. The highest BCUT2D eigenvalue weighted by molar-refractivity contribution is 8.00. The summed E-state index contributed by atoms with van der Waals surface area (Å²) in [6.07, 6.45) is 6.06. The summed E-state index contributed by atoms with van der Waals surface area (Å²) < 4.78 is 1.65. The number of allylic oxidation sites excluding steroid dienone is 1. The third-order valence-electron chi connectivity index (χ3n) is 3.82. The molecule has 0 bridgehead atoms. The summed E-state index contributed by atoms with van der Waals surface area (Å²) in [6, 6.07) is 2.18. The molecule has 0 saturated heterocycles. The van der Waals surface area contributed by atoms with Crippen molar-refractivity contribution in [3.63, 3.8) is 0 Å². The monoisotopic (exact) mass is 331 g/mol. The molecule has 0 spiro atoms. The molecule has 1 aliphatic carbocycles. The lowest BCUT2D eigenvalue weighted by Crippen LogP contribution is -2.23. The molecule has 0 aromatic carbocycles. The third kappa shape index (κ3) is 2.59. The fraction of sp³-hybridized carbons (Fsp3) is 0.438. The molecular weight excluding hydrogens is 314 g/mol. The smallest absolute Gasteiger partial charge is 0.263 e. The first kappa shape index (κ1) is 15.3. The Morgan fingerprint density at radius 2 is 2.32 bits per heavy atom. The second kappa shape index (κ2) is 6.27. The maximum atomic E-state index is 12.9. The highest BCUT2D eigenvalue weighted by Gasteiger charge is 2.22. The second-order valence-electron chi connectivity index (χ2n) is 5.38. The predicted molar refractivity (Wildman–Crippen MR) is 91.7 cm³/mol. The van der Waals surface area contributed by atoms with Crippen LogP contribution in [-0.2, 0) is 19.4 Å². The Morgan fingerprint density at radius 3 is 3.05 bits per heavy atom. The Bertz CT molecular complexity index is 828. The lowest BCUT2D eigenvalue weighted by molar-refractivity contribution is 0.667. The number of aromatic nitrogens is 2. The van der Waals surface area contributed by atoms with Crippen molar-refractivity contribution in [2.45, 2.75) is 49.6 Å². The molecule has 1 unspecified atom stereocenters. The quantitative estimate of drug-likeness (QED) is 0.488. The van der Waals surface area contributed by atoms with E-state index in [0.29, 0.717) is 11.7 Å². The number of nitrogens with zero attached hydrogens (tertiary/aromatic N) is 3. The summed E-state index contributed by atoms with van der Waals surface area (Å²) in [5.41, 5.74) is 1.21. The molecule has 22 heavy (non-hydrogen) atoms. The van der Waals surface area contributed by atoms with E-state index >= 15 is 0 Å². The first-order valence-corrected chi connectivity index (χ1v) is 9.07. The van der Waals surface area contributed by atoms with Gasteiger partial charge in [0.2, 0.25) is 0 Å². The van der Waals surface area contributed by atoms with Crippen LogP contribution in [0.15, 0.2) is 22.6 Å². The standard InChI is InChI=1S/C16H17N3OS2/c1-3-8-19-15(20)13-11-6-4-5-7-12(11)22-14(13)18-16(19)21-10(2)9-17/h3,10H,1,4-8H2,2H3. The van der Waals surface area contributed by atoms with Crippen LogP contribution in [-0.4, -0.2) is 14.8 Å². The van der Waals surface area contributed by atoms with Gasteiger partial charge in [0.25, 0.3) is 5.56 Å². The summed E-state index contributed by atoms with van der Waals surface area (Å²) in [5.74, 6) is 0. The number of rotatable bonds is 4. The van der Waals surface area contributed by atoms with E-state index in [1.54, 1.807) is 22.0 Å². The molecule has 3 rings (SSSR count). The number of fused-ring (bicyclic) bond motifs is 3. The predicted octanol–water partition coefficient (Wildman–Crippen LogP) is 3.53. The Hall–Kier alpha value is -1.58. The molecule has 0 saturated carbocycles. The highest BCUT2D eigenvalue weighted by atomic mass is 32.2. The minimum Gasteiger partial charge on any atom is -0.283 e. The first-order chi connectivity index (χ1) is 10.7. The van der Waals surface area contributed by atoms with Crippen molar-refractivity contribution >= 4 is 33.3 Å². The van der Waals surface area contributed by atoms with Gasteiger partial charge >= 0.3 is 0 Å². The minimum absolute atomic E-state index is 0.0111. The van der Waals surface area contributed by atoms with Gasteiger partial charge in [-0.25, -0.2) is 4.98 Å². The van der Waals surface area contributed by atoms with Gasteiger partial charge < -0.3 is 0 Å². The Kier molecular flexibility index (Phi) is 4.37. The van der Waals surface area contributed by atoms with Gasteiger partial charge in [-0.3, -0.25) is 9.36 Å². The molecule has 0 radical (unpaired) electrons. The van der Waals surface area contributed by atoms with Crippen molar-refractivity contribution in [2.75, 3.05) is 0 Å². The molecule has 2 heterocycles. The average molecular weight is 331 g/mol. The van der Waals surface area contributed by atoms with Crippen LogP contribution in [0, 0.1) is 11.3 Å². The Labute approximate surface area is 137 Å². The van der Waals surface area contributed by atoms with Crippen molar-refractivity contribution in [3.05, 3.63) is 33.4 Å². The maximum absolute atomic E-state index is 12.9. The lowest BCUT2D eigenvalue weighted by atomic mass is 9.97. The van der Waals surface area contributed by atoms with Crippen LogP contribution in [0.4, 0.5) is 0 Å². The topological polar surface area (TPSA) is 58.7 Å². The van der Waals surface area contributed by atoms with Crippen LogP contribution in [0.2, 0.25) is 0 Å². The molecule has 4 nitrogen and oxygen atoms in total. The van der Waals surface area contributed by atoms with E-state index in [0.717, 1.165) is 29.5 Å². The molecule has 0 aliphatic heterocycles. The van der Waals surface area contributed by atoms with Gasteiger partial charge in [0, 0.05) is 11.4 Å². The van der Waals surface area contributed by atoms with Gasteiger partial charge in [0.05, 0.1) is 16.7 Å². The highest BCUT2D eigenvalue weighted by Crippen LogP contribution is 2.35. The first-order valence-electron chi connectivity index (χ1n) is 7.38. The minimum atomic E-state index is -0.241. The van der Waals surface area contributed by atoms with Crippen LogP contribution in [0.3, 0.4) is 0 Å². The molecule has 1 aliphatic rings. The van der Waals surface area contributed by atoms with Gasteiger partial charge in [-0.1, -0.05) is 17.8 Å². The van der Waals surface area contributed by atoms with E-state index in [1.807, 2.05) is 6.92 Å². The van der Waals surface area contributed by atoms with Crippen molar-refractivity contribution in [3.8, 4) is 6.07 Å². The zero-order valence-electron chi connectivity index (χ0n) is 12.5. The van der Waals surface area contributed by atoms with Crippen molar-refractivity contribution in [2.24, 2.45) is 0 Å². The van der Waals surface area contributed by atoms with E-state index < -0.39 is 0 Å². The fourth-order valence-electron chi connectivity index (χ4n) is 2.78. The van der Waals surface area contributed by atoms with E-state index in [1.165, 1.54) is 28.6 Å². The van der Waals surface area contributed by atoms with Gasteiger partial charge in [-0.05, 0) is 38.2 Å². The van der Waals surface area contributed by atoms with Crippen LogP contribution in [0.1, 0.15) is 30.2 Å². The number of aryl methyl sites for hydroxylation is 2. The molecular formula is C16H17N3OS2. The van der Waals surface area contributed by atoms with E-state index in [4.69, 9.17) is 10.2 Å². The normalized spacial score (nSPS) is 15.3. The van der Waals surface area contributed by atoms with Crippen LogP contribution >= 0.6 is 23.1 Å². The number of hydrogen-bond donors (Lipinski definition) is 0. The zero-order chi connectivity index (χ0) is 15.7. The SMILES string of the molecule is C=CCn1c(SC(C)C#N)nc2sc3c(c2c1=O)CCCC3. The summed E-state index contributed by atoms with van der Waals surface area (Å²) in [5, 5.41) is 10.2.